The molecule has 0 fully saturated rings. The number of hydrogen-bond acceptors (Lipinski definition) is 6. The normalized spacial score (nSPS) is 14.4. The maximum absolute atomic E-state index is 14.8. The van der Waals surface area contributed by atoms with Gasteiger partial charge in [-0.1, -0.05) is 6.07 Å². The number of aromatic nitrogens is 4. The minimum Gasteiger partial charge on any atom is -0.310 e. The van der Waals surface area contributed by atoms with Crippen molar-refractivity contribution in [2.24, 2.45) is 0 Å². The summed E-state index contributed by atoms with van der Waals surface area (Å²) in [4.78, 5) is 17.3. The van der Waals surface area contributed by atoms with E-state index in [1.807, 2.05) is 18.4 Å². The fraction of sp³-hybridized carbons (Fsp3) is 0.364. The van der Waals surface area contributed by atoms with Crippen molar-refractivity contribution >= 4 is 21.9 Å². The van der Waals surface area contributed by atoms with E-state index in [-0.39, 0.29) is 30.5 Å². The molecule has 10 nitrogen and oxygen atoms in total. The third kappa shape index (κ3) is 4.56. The Hall–Kier alpha value is -3.22. The number of fused-ring (bicyclic) bond motifs is 1. The molecule has 1 aliphatic heterocycles. The fourth-order valence-corrected chi connectivity index (χ4v) is 4.86. The van der Waals surface area contributed by atoms with Gasteiger partial charge >= 0.3 is 0 Å². The summed E-state index contributed by atoms with van der Waals surface area (Å²) in [5.74, 6) is -0.568. The van der Waals surface area contributed by atoms with Gasteiger partial charge in [-0.15, -0.1) is 10.2 Å². The van der Waals surface area contributed by atoms with Crippen molar-refractivity contribution in [3.63, 3.8) is 0 Å². The van der Waals surface area contributed by atoms with E-state index in [0.29, 0.717) is 29.1 Å². The van der Waals surface area contributed by atoms with Crippen LogP contribution >= 0.6 is 0 Å². The summed E-state index contributed by atoms with van der Waals surface area (Å²) in [5, 5.41) is 10.7. The maximum Gasteiger partial charge on any atom is 0.281 e. The molecule has 3 heterocycles. The molecule has 4 rings (SSSR count). The number of hydrogen-bond donors (Lipinski definition) is 1. The van der Waals surface area contributed by atoms with Gasteiger partial charge in [0.1, 0.15) is 23.7 Å². The van der Waals surface area contributed by atoms with Crippen molar-refractivity contribution in [2.45, 2.75) is 32.9 Å². The second-order valence-electron chi connectivity index (χ2n) is 8.49. The zero-order valence-electron chi connectivity index (χ0n) is 19.4. The predicted molar refractivity (Wildman–Crippen MR) is 125 cm³/mol. The first-order chi connectivity index (χ1) is 16.1. The lowest BCUT2D eigenvalue weighted by Crippen LogP contribution is -2.42. The number of rotatable bonds is 6. The first-order valence-electron chi connectivity index (χ1n) is 10.7. The van der Waals surface area contributed by atoms with Crippen LogP contribution in [0.15, 0.2) is 36.7 Å². The molecule has 0 saturated carbocycles. The zero-order valence-corrected chi connectivity index (χ0v) is 20.2. The Bertz CT molecular complexity index is 1340. The Morgan fingerprint density at radius 1 is 1.21 bits per heavy atom. The Kier molecular flexibility index (Phi) is 6.47. The van der Waals surface area contributed by atoms with Crippen molar-refractivity contribution < 1.29 is 17.6 Å². The number of nitrogens with zero attached hydrogens (tertiary/aromatic N) is 6. The lowest BCUT2D eigenvalue weighted by molar-refractivity contribution is 0.102. The second kappa shape index (κ2) is 9.20. The summed E-state index contributed by atoms with van der Waals surface area (Å²) in [5.41, 5.74) is 1.61. The van der Waals surface area contributed by atoms with E-state index in [0.717, 1.165) is 4.31 Å². The van der Waals surface area contributed by atoms with Crippen LogP contribution in [0.3, 0.4) is 0 Å². The summed E-state index contributed by atoms with van der Waals surface area (Å²) < 4.78 is 44.1. The SMILES string of the molecule is CC(C)n1cnnc1-c1cccc(NC(=O)c2cc3c(cc2F)CCN(S(=O)(=O)N(C)C)C3)n1. The number of carbonyl (C=O) groups is 1. The first-order valence-corrected chi connectivity index (χ1v) is 12.1. The van der Waals surface area contributed by atoms with Crippen molar-refractivity contribution in [2.75, 3.05) is 26.0 Å². The smallest absolute Gasteiger partial charge is 0.281 e. The lowest BCUT2D eigenvalue weighted by Gasteiger charge is -2.30. The highest BCUT2D eigenvalue weighted by Gasteiger charge is 2.30. The Morgan fingerprint density at radius 3 is 2.68 bits per heavy atom. The minimum atomic E-state index is -3.62. The molecule has 34 heavy (non-hydrogen) atoms. The van der Waals surface area contributed by atoms with Crippen LogP contribution in [-0.2, 0) is 23.2 Å². The van der Waals surface area contributed by atoms with Crippen LogP contribution in [0, 0.1) is 5.82 Å². The van der Waals surface area contributed by atoms with Gasteiger partial charge in [0, 0.05) is 33.2 Å². The van der Waals surface area contributed by atoms with Crippen LogP contribution in [0.2, 0.25) is 0 Å². The second-order valence-corrected chi connectivity index (χ2v) is 10.6. The van der Waals surface area contributed by atoms with Gasteiger partial charge in [-0.25, -0.2) is 9.37 Å². The van der Waals surface area contributed by atoms with Gasteiger partial charge in [0.15, 0.2) is 5.82 Å². The third-order valence-electron chi connectivity index (χ3n) is 5.65. The number of benzene rings is 1. The molecule has 0 spiro atoms. The molecule has 180 valence electrons. The summed E-state index contributed by atoms with van der Waals surface area (Å²) in [6.45, 7) is 4.29. The van der Waals surface area contributed by atoms with Gasteiger partial charge in [-0.05, 0) is 55.7 Å². The molecule has 0 unspecified atom stereocenters. The van der Waals surface area contributed by atoms with Crippen molar-refractivity contribution in [3.8, 4) is 11.5 Å². The van der Waals surface area contributed by atoms with E-state index in [2.05, 4.69) is 20.5 Å². The molecule has 0 saturated heterocycles. The number of pyridine rings is 1. The Labute approximate surface area is 197 Å². The highest BCUT2D eigenvalue weighted by molar-refractivity contribution is 7.86. The van der Waals surface area contributed by atoms with Crippen LogP contribution in [0.5, 0.6) is 0 Å². The third-order valence-corrected chi connectivity index (χ3v) is 7.54. The molecule has 1 aliphatic rings. The summed E-state index contributed by atoms with van der Waals surface area (Å²) in [7, 11) is -0.706. The average molecular weight is 488 g/mol. The van der Waals surface area contributed by atoms with Gasteiger partial charge in [0.2, 0.25) is 0 Å². The van der Waals surface area contributed by atoms with Crippen LogP contribution in [0.25, 0.3) is 11.5 Å². The lowest BCUT2D eigenvalue weighted by atomic mass is 9.97. The number of amides is 1. The monoisotopic (exact) mass is 487 g/mol. The van der Waals surface area contributed by atoms with E-state index in [1.54, 1.807) is 24.5 Å². The molecule has 12 heteroatoms. The zero-order chi connectivity index (χ0) is 24.6. The molecular weight excluding hydrogens is 461 g/mol. The van der Waals surface area contributed by atoms with E-state index in [9.17, 15) is 17.6 Å². The summed E-state index contributed by atoms with van der Waals surface area (Å²) in [6, 6.07) is 7.89. The molecular formula is C22H26FN7O3S. The number of nitrogens with one attached hydrogen (secondary N) is 1. The largest absolute Gasteiger partial charge is 0.310 e. The van der Waals surface area contributed by atoms with Crippen LogP contribution in [0.1, 0.15) is 41.4 Å². The van der Waals surface area contributed by atoms with Gasteiger partial charge in [-0.2, -0.15) is 17.0 Å². The predicted octanol–water partition coefficient (Wildman–Crippen LogP) is 2.48. The van der Waals surface area contributed by atoms with Crippen molar-refractivity contribution in [1.82, 2.24) is 28.4 Å². The van der Waals surface area contributed by atoms with Crippen LogP contribution in [0.4, 0.5) is 10.2 Å². The molecule has 0 atom stereocenters. The van der Waals surface area contributed by atoms with E-state index < -0.39 is 21.9 Å². The number of halogens is 1. The van der Waals surface area contributed by atoms with Crippen molar-refractivity contribution in [3.05, 3.63) is 59.2 Å². The van der Waals surface area contributed by atoms with E-state index in [4.69, 9.17) is 0 Å². The van der Waals surface area contributed by atoms with Gasteiger partial charge < -0.3 is 9.88 Å². The van der Waals surface area contributed by atoms with Gasteiger partial charge in [-0.3, -0.25) is 4.79 Å². The fourth-order valence-electron chi connectivity index (χ4n) is 3.77. The molecule has 1 aromatic carbocycles. The summed E-state index contributed by atoms with van der Waals surface area (Å²) >= 11 is 0. The Morgan fingerprint density at radius 2 is 1.97 bits per heavy atom. The molecule has 0 bridgehead atoms. The topological polar surface area (TPSA) is 113 Å². The maximum atomic E-state index is 14.8. The van der Waals surface area contributed by atoms with Gasteiger partial charge in [0.25, 0.3) is 16.1 Å². The highest BCUT2D eigenvalue weighted by Crippen LogP contribution is 2.26. The average Bonchev–Trinajstić information content (AvgIpc) is 3.29. The standard InChI is InChI=1S/C22H26FN7O3S/c1-14(2)30-13-24-27-21(30)19-6-5-7-20(25-19)26-22(31)17-10-16-12-29(34(32,33)28(3)4)9-8-15(16)11-18(17)23/h5-7,10-11,13-14H,8-9,12H2,1-4H3,(H,25,26,31). The number of anilines is 1. The van der Waals surface area contributed by atoms with E-state index >= 15 is 0 Å². The first kappa shape index (κ1) is 23.9. The Balaban J connectivity index is 1.59. The van der Waals surface area contributed by atoms with Crippen molar-refractivity contribution in [1.29, 1.82) is 0 Å². The summed E-state index contributed by atoms with van der Waals surface area (Å²) in [6.07, 6.45) is 1.97. The minimum absolute atomic E-state index is 0.0645. The molecule has 2 aromatic heterocycles. The van der Waals surface area contributed by atoms with E-state index in [1.165, 1.54) is 30.5 Å². The van der Waals surface area contributed by atoms with Crippen LogP contribution < -0.4 is 5.32 Å². The molecule has 3 aromatic rings. The molecule has 0 aliphatic carbocycles. The molecule has 1 amide bonds. The molecule has 0 radical (unpaired) electrons. The number of carbonyl (C=O) groups excluding carboxylic acids is 1. The quantitative estimate of drug-likeness (QED) is 0.572. The van der Waals surface area contributed by atoms with Crippen LogP contribution in [-0.4, -0.2) is 63.3 Å². The highest BCUT2D eigenvalue weighted by atomic mass is 32.2. The molecule has 1 N–H and O–H groups in total. The van der Waals surface area contributed by atoms with Gasteiger partial charge in [0.05, 0.1) is 5.56 Å².